The fourth-order valence-electron chi connectivity index (χ4n) is 4.05. The van der Waals surface area contributed by atoms with Crippen LogP contribution in [-0.2, 0) is 9.53 Å². The van der Waals surface area contributed by atoms with Crippen molar-refractivity contribution in [2.45, 2.75) is 69.6 Å². The molecule has 4 unspecified atom stereocenters. The highest BCUT2D eigenvalue weighted by Gasteiger charge is 2.42. The number of aliphatic hydroxyl groups excluding tert-OH is 1. The third-order valence-electron chi connectivity index (χ3n) is 5.06. The molecule has 0 aromatic rings. The van der Waals surface area contributed by atoms with Crippen molar-refractivity contribution < 1.29 is 14.6 Å². The normalized spacial score (nSPS) is 39.7. The molecule has 2 saturated heterocycles. The van der Waals surface area contributed by atoms with Gasteiger partial charge in [-0.3, -0.25) is 4.79 Å². The van der Waals surface area contributed by atoms with Gasteiger partial charge in [0.05, 0.1) is 6.10 Å². The second kappa shape index (κ2) is 5.80. The molecule has 2 heterocycles. The maximum absolute atomic E-state index is 12.6. The number of likely N-dealkylation sites (tertiary alicyclic amines) is 1. The largest absolute Gasteiger partial charge is 0.393 e. The number of carbonyl (C=O) groups excluding carboxylic acids is 1. The molecule has 19 heavy (non-hydrogen) atoms. The highest BCUT2D eigenvalue weighted by molar-refractivity contribution is 5.81. The number of ether oxygens (including phenoxy) is 1. The molecule has 0 aromatic carbocycles. The Hall–Kier alpha value is -0.610. The Morgan fingerprint density at radius 3 is 2.63 bits per heavy atom. The van der Waals surface area contributed by atoms with Crippen LogP contribution in [-0.4, -0.2) is 47.3 Å². The lowest BCUT2D eigenvalue weighted by molar-refractivity contribution is -0.148. The van der Waals surface area contributed by atoms with Crippen LogP contribution in [0.1, 0.15) is 51.4 Å². The highest BCUT2D eigenvalue weighted by Crippen LogP contribution is 2.36. The Morgan fingerprint density at radius 2 is 1.95 bits per heavy atom. The second-order valence-corrected chi connectivity index (χ2v) is 6.26. The van der Waals surface area contributed by atoms with E-state index < -0.39 is 0 Å². The van der Waals surface area contributed by atoms with Gasteiger partial charge in [-0.15, -0.1) is 0 Å². The zero-order valence-corrected chi connectivity index (χ0v) is 11.6. The van der Waals surface area contributed by atoms with E-state index in [4.69, 9.17) is 4.74 Å². The van der Waals surface area contributed by atoms with Gasteiger partial charge in [-0.2, -0.15) is 0 Å². The number of aliphatic hydroxyl groups is 1. The molecule has 1 aliphatic carbocycles. The Morgan fingerprint density at radius 1 is 1.05 bits per heavy atom. The van der Waals surface area contributed by atoms with Crippen molar-refractivity contribution in [3.05, 3.63) is 0 Å². The van der Waals surface area contributed by atoms with Crippen LogP contribution in [0, 0.1) is 5.92 Å². The first-order valence-electron chi connectivity index (χ1n) is 7.87. The quantitative estimate of drug-likeness (QED) is 0.828. The molecule has 0 bridgehead atoms. The summed E-state index contributed by atoms with van der Waals surface area (Å²) in [6.07, 6.45) is 7.84. The average molecular weight is 267 g/mol. The predicted octanol–water partition coefficient (Wildman–Crippen LogP) is 1.71. The molecular formula is C15H25NO3. The van der Waals surface area contributed by atoms with E-state index in [1.807, 2.05) is 4.90 Å². The molecule has 0 radical (unpaired) electrons. The van der Waals surface area contributed by atoms with Gasteiger partial charge in [-0.05, 0) is 44.9 Å². The number of nitrogens with zero attached hydrogens (tertiary/aromatic N) is 1. The van der Waals surface area contributed by atoms with Crippen molar-refractivity contribution in [2.24, 2.45) is 5.92 Å². The van der Waals surface area contributed by atoms with Crippen molar-refractivity contribution in [3.8, 4) is 0 Å². The van der Waals surface area contributed by atoms with E-state index in [0.717, 1.165) is 64.5 Å². The van der Waals surface area contributed by atoms with E-state index in [9.17, 15) is 9.90 Å². The molecule has 1 saturated carbocycles. The molecule has 1 N–H and O–H groups in total. The van der Waals surface area contributed by atoms with E-state index >= 15 is 0 Å². The minimum absolute atomic E-state index is 0.182. The third-order valence-corrected chi connectivity index (χ3v) is 5.06. The summed E-state index contributed by atoms with van der Waals surface area (Å²) < 4.78 is 5.64. The molecule has 2 aliphatic heterocycles. The Bertz CT molecular complexity index is 327. The van der Waals surface area contributed by atoms with Gasteiger partial charge in [0.2, 0.25) is 0 Å². The third kappa shape index (κ3) is 2.65. The smallest absolute Gasteiger partial charge is 0.251 e. The monoisotopic (exact) mass is 267 g/mol. The SMILES string of the molecule is O=C(C1CCCCO1)N1CCCC1C1CCCC1O. The predicted molar refractivity (Wildman–Crippen MR) is 71.7 cm³/mol. The number of hydrogen-bond donors (Lipinski definition) is 1. The molecule has 4 heteroatoms. The lowest BCUT2D eigenvalue weighted by Gasteiger charge is -2.34. The van der Waals surface area contributed by atoms with Crippen molar-refractivity contribution in [1.82, 2.24) is 4.90 Å². The van der Waals surface area contributed by atoms with Crippen LogP contribution in [0.4, 0.5) is 0 Å². The summed E-state index contributed by atoms with van der Waals surface area (Å²) in [5.41, 5.74) is 0. The van der Waals surface area contributed by atoms with Gasteiger partial charge in [0.25, 0.3) is 5.91 Å². The second-order valence-electron chi connectivity index (χ2n) is 6.26. The molecule has 1 amide bonds. The minimum atomic E-state index is -0.215. The molecule has 3 fully saturated rings. The van der Waals surface area contributed by atoms with E-state index in [1.54, 1.807) is 0 Å². The van der Waals surface area contributed by atoms with E-state index in [-0.39, 0.29) is 24.2 Å². The van der Waals surface area contributed by atoms with Gasteiger partial charge in [-0.1, -0.05) is 6.42 Å². The summed E-state index contributed by atoms with van der Waals surface area (Å²) in [4.78, 5) is 14.6. The molecule has 108 valence electrons. The number of carbonyl (C=O) groups is 1. The van der Waals surface area contributed by atoms with Crippen molar-refractivity contribution in [1.29, 1.82) is 0 Å². The Kier molecular flexibility index (Phi) is 4.08. The van der Waals surface area contributed by atoms with Crippen LogP contribution in [0.3, 0.4) is 0 Å². The van der Waals surface area contributed by atoms with Crippen LogP contribution in [0.2, 0.25) is 0 Å². The first kappa shape index (κ1) is 13.4. The van der Waals surface area contributed by atoms with E-state index in [1.165, 1.54) is 0 Å². The van der Waals surface area contributed by atoms with Crippen LogP contribution < -0.4 is 0 Å². The summed E-state index contributed by atoms with van der Waals surface area (Å²) in [5.74, 6) is 0.483. The van der Waals surface area contributed by atoms with Gasteiger partial charge in [-0.25, -0.2) is 0 Å². The first-order valence-corrected chi connectivity index (χ1v) is 7.87. The molecule has 3 rings (SSSR count). The molecule has 4 atom stereocenters. The summed E-state index contributed by atoms with van der Waals surface area (Å²) in [7, 11) is 0. The Balaban J connectivity index is 1.66. The van der Waals surface area contributed by atoms with Gasteiger partial charge < -0.3 is 14.7 Å². The molecular weight excluding hydrogens is 242 g/mol. The number of hydrogen-bond acceptors (Lipinski definition) is 3. The minimum Gasteiger partial charge on any atom is -0.393 e. The summed E-state index contributed by atoms with van der Waals surface area (Å²) >= 11 is 0. The number of rotatable bonds is 2. The van der Waals surface area contributed by atoms with Crippen molar-refractivity contribution in [3.63, 3.8) is 0 Å². The van der Waals surface area contributed by atoms with Gasteiger partial charge in [0, 0.05) is 25.1 Å². The summed E-state index contributed by atoms with van der Waals surface area (Å²) in [5, 5.41) is 10.1. The fraction of sp³-hybridized carbons (Fsp3) is 0.933. The van der Waals surface area contributed by atoms with E-state index in [0.29, 0.717) is 5.92 Å². The standard InChI is InChI=1S/C15H25NO3/c17-13-7-3-5-11(13)12-6-4-9-16(12)15(18)14-8-1-2-10-19-14/h11-14,17H,1-10H2. The maximum atomic E-state index is 12.6. The molecule has 4 nitrogen and oxygen atoms in total. The highest BCUT2D eigenvalue weighted by atomic mass is 16.5. The zero-order valence-electron chi connectivity index (χ0n) is 11.6. The van der Waals surface area contributed by atoms with Crippen LogP contribution in [0.25, 0.3) is 0 Å². The van der Waals surface area contributed by atoms with Gasteiger partial charge in [0.15, 0.2) is 0 Å². The van der Waals surface area contributed by atoms with Gasteiger partial charge >= 0.3 is 0 Å². The topological polar surface area (TPSA) is 49.8 Å². The molecule has 0 aromatic heterocycles. The van der Waals surface area contributed by atoms with Gasteiger partial charge in [0.1, 0.15) is 6.10 Å². The van der Waals surface area contributed by atoms with Crippen LogP contribution in [0.15, 0.2) is 0 Å². The Labute approximate surface area is 115 Å². The molecule has 3 aliphatic rings. The fourth-order valence-corrected chi connectivity index (χ4v) is 4.05. The maximum Gasteiger partial charge on any atom is 0.251 e. The van der Waals surface area contributed by atoms with Crippen LogP contribution >= 0.6 is 0 Å². The average Bonchev–Trinajstić information content (AvgIpc) is 3.07. The lowest BCUT2D eigenvalue weighted by atomic mass is 9.93. The zero-order chi connectivity index (χ0) is 13.2. The van der Waals surface area contributed by atoms with Crippen LogP contribution in [0.5, 0.6) is 0 Å². The number of amides is 1. The van der Waals surface area contributed by atoms with Crippen molar-refractivity contribution >= 4 is 5.91 Å². The lowest BCUT2D eigenvalue weighted by Crippen LogP contribution is -2.48. The summed E-state index contributed by atoms with van der Waals surface area (Å²) in [6, 6.07) is 0.260. The summed E-state index contributed by atoms with van der Waals surface area (Å²) in [6.45, 7) is 1.58. The van der Waals surface area contributed by atoms with Crippen molar-refractivity contribution in [2.75, 3.05) is 13.2 Å². The molecule has 0 spiro atoms. The van der Waals surface area contributed by atoms with E-state index in [2.05, 4.69) is 0 Å². The first-order chi connectivity index (χ1) is 9.27.